The lowest BCUT2D eigenvalue weighted by molar-refractivity contribution is -0.136. The highest BCUT2D eigenvalue weighted by molar-refractivity contribution is 5.58. The minimum absolute atomic E-state index is 0.242. The molecule has 3 N–H and O–H groups in total. The number of aryl methyl sites for hydroxylation is 1. The molecule has 0 amide bonds. The van der Waals surface area contributed by atoms with E-state index in [9.17, 15) is 13.2 Å². The van der Waals surface area contributed by atoms with Crippen molar-refractivity contribution in [3.63, 3.8) is 0 Å². The molecular weight excluding hydrogens is 269 g/mol. The van der Waals surface area contributed by atoms with Gasteiger partial charge in [-0.05, 0) is 44.2 Å². The lowest BCUT2D eigenvalue weighted by Gasteiger charge is -2.16. The van der Waals surface area contributed by atoms with E-state index in [4.69, 9.17) is 10.2 Å². The molecule has 1 aromatic heterocycles. The number of nitrogens with one attached hydrogen (secondary N) is 1. The molecule has 0 fully saturated rings. The zero-order chi connectivity index (χ0) is 14.9. The van der Waals surface area contributed by atoms with Crippen LogP contribution in [0.2, 0.25) is 0 Å². The van der Waals surface area contributed by atoms with Gasteiger partial charge in [0.2, 0.25) is 0 Å². The first-order valence-electron chi connectivity index (χ1n) is 6.07. The smallest absolute Gasteiger partial charge is 0.418 e. The van der Waals surface area contributed by atoms with Crippen LogP contribution in [0.4, 0.5) is 24.5 Å². The molecule has 1 aromatic carbocycles. The number of nitrogen functional groups attached to an aromatic ring is 1. The van der Waals surface area contributed by atoms with Crippen molar-refractivity contribution in [1.82, 2.24) is 0 Å². The summed E-state index contributed by atoms with van der Waals surface area (Å²) < 4.78 is 43.7. The van der Waals surface area contributed by atoms with E-state index < -0.39 is 11.7 Å². The van der Waals surface area contributed by atoms with Gasteiger partial charge in [0.1, 0.15) is 11.5 Å². The molecule has 1 atom stereocenters. The van der Waals surface area contributed by atoms with Crippen LogP contribution in [0.1, 0.15) is 30.0 Å². The first kappa shape index (κ1) is 14.3. The third kappa shape index (κ3) is 3.07. The van der Waals surface area contributed by atoms with Crippen LogP contribution in [0.5, 0.6) is 0 Å². The topological polar surface area (TPSA) is 51.2 Å². The SMILES string of the molecule is Cc1ccc(C(C)Nc2ccc(N)c(C(F)(F)F)c2)o1. The monoisotopic (exact) mass is 284 g/mol. The first-order valence-corrected chi connectivity index (χ1v) is 6.07. The summed E-state index contributed by atoms with van der Waals surface area (Å²) in [7, 11) is 0. The van der Waals surface area contributed by atoms with E-state index in [0.717, 1.165) is 11.8 Å². The minimum atomic E-state index is -4.47. The Balaban J connectivity index is 2.22. The van der Waals surface area contributed by atoms with Crippen molar-refractivity contribution >= 4 is 11.4 Å². The molecule has 0 bridgehead atoms. The maximum atomic E-state index is 12.8. The second kappa shape index (κ2) is 5.11. The van der Waals surface area contributed by atoms with Crippen molar-refractivity contribution in [1.29, 1.82) is 0 Å². The van der Waals surface area contributed by atoms with Crippen molar-refractivity contribution in [3.05, 3.63) is 47.4 Å². The summed E-state index contributed by atoms with van der Waals surface area (Å²) in [4.78, 5) is 0. The fourth-order valence-electron chi connectivity index (χ4n) is 1.90. The van der Waals surface area contributed by atoms with Crippen LogP contribution in [0, 0.1) is 6.92 Å². The van der Waals surface area contributed by atoms with Crippen molar-refractivity contribution in [2.45, 2.75) is 26.1 Å². The Bertz CT molecular complexity index is 605. The molecular formula is C14H15F3N2O. The fraction of sp³-hybridized carbons (Fsp3) is 0.286. The van der Waals surface area contributed by atoms with E-state index in [2.05, 4.69) is 5.32 Å². The summed E-state index contributed by atoms with van der Waals surface area (Å²) in [5.41, 5.74) is 4.57. The zero-order valence-corrected chi connectivity index (χ0v) is 11.1. The zero-order valence-electron chi connectivity index (χ0n) is 11.1. The van der Waals surface area contributed by atoms with E-state index in [1.54, 1.807) is 19.1 Å². The molecule has 20 heavy (non-hydrogen) atoms. The lowest BCUT2D eigenvalue weighted by atomic mass is 10.1. The van der Waals surface area contributed by atoms with Crippen molar-refractivity contribution in [3.8, 4) is 0 Å². The third-order valence-electron chi connectivity index (χ3n) is 2.93. The molecule has 2 rings (SSSR count). The van der Waals surface area contributed by atoms with Gasteiger partial charge < -0.3 is 15.5 Å². The number of furan rings is 1. The molecule has 0 aliphatic carbocycles. The first-order chi connectivity index (χ1) is 9.27. The number of anilines is 2. The Morgan fingerprint density at radius 3 is 2.45 bits per heavy atom. The fourth-order valence-corrected chi connectivity index (χ4v) is 1.90. The number of hydrogen-bond acceptors (Lipinski definition) is 3. The van der Waals surface area contributed by atoms with Gasteiger partial charge in [0.25, 0.3) is 0 Å². The molecule has 0 saturated carbocycles. The van der Waals surface area contributed by atoms with E-state index in [-0.39, 0.29) is 11.7 Å². The Kier molecular flexibility index (Phi) is 3.65. The minimum Gasteiger partial charge on any atom is -0.464 e. The van der Waals surface area contributed by atoms with E-state index in [0.29, 0.717) is 11.4 Å². The van der Waals surface area contributed by atoms with Crippen molar-refractivity contribution < 1.29 is 17.6 Å². The lowest BCUT2D eigenvalue weighted by Crippen LogP contribution is -2.11. The summed E-state index contributed by atoms with van der Waals surface area (Å²) in [6.45, 7) is 3.61. The van der Waals surface area contributed by atoms with Gasteiger partial charge in [-0.3, -0.25) is 0 Å². The number of halogens is 3. The van der Waals surface area contributed by atoms with Gasteiger partial charge in [-0.1, -0.05) is 0 Å². The second-order valence-electron chi connectivity index (χ2n) is 4.61. The Morgan fingerprint density at radius 2 is 1.90 bits per heavy atom. The summed E-state index contributed by atoms with van der Waals surface area (Å²) >= 11 is 0. The summed E-state index contributed by atoms with van der Waals surface area (Å²) in [6.07, 6.45) is -4.47. The molecule has 3 nitrogen and oxygen atoms in total. The summed E-state index contributed by atoms with van der Waals surface area (Å²) in [6, 6.07) is 7.10. The van der Waals surface area contributed by atoms with Crippen LogP contribution in [-0.4, -0.2) is 0 Å². The molecule has 1 unspecified atom stereocenters. The van der Waals surface area contributed by atoms with Crippen LogP contribution in [-0.2, 0) is 6.18 Å². The van der Waals surface area contributed by atoms with Crippen LogP contribution in [0.15, 0.2) is 34.7 Å². The molecule has 0 saturated heterocycles. The number of hydrogen-bond donors (Lipinski definition) is 2. The van der Waals surface area contributed by atoms with Crippen LogP contribution < -0.4 is 11.1 Å². The molecule has 108 valence electrons. The molecule has 0 aliphatic rings. The molecule has 1 heterocycles. The molecule has 0 spiro atoms. The largest absolute Gasteiger partial charge is 0.464 e. The number of benzene rings is 1. The highest BCUT2D eigenvalue weighted by Crippen LogP contribution is 2.35. The average molecular weight is 284 g/mol. The van der Waals surface area contributed by atoms with Gasteiger partial charge >= 0.3 is 6.18 Å². The number of nitrogens with two attached hydrogens (primary N) is 1. The molecule has 6 heteroatoms. The van der Waals surface area contributed by atoms with Gasteiger partial charge in [-0.15, -0.1) is 0 Å². The Labute approximate surface area is 114 Å². The van der Waals surface area contributed by atoms with Crippen LogP contribution in [0.3, 0.4) is 0 Å². The van der Waals surface area contributed by atoms with Gasteiger partial charge in [-0.2, -0.15) is 13.2 Å². The van der Waals surface area contributed by atoms with Gasteiger partial charge in [0.05, 0.1) is 11.6 Å². The number of alkyl halides is 3. The van der Waals surface area contributed by atoms with E-state index in [1.165, 1.54) is 12.1 Å². The normalized spacial score (nSPS) is 13.2. The highest BCUT2D eigenvalue weighted by atomic mass is 19.4. The van der Waals surface area contributed by atoms with Crippen molar-refractivity contribution in [2.24, 2.45) is 0 Å². The second-order valence-corrected chi connectivity index (χ2v) is 4.61. The Morgan fingerprint density at radius 1 is 1.20 bits per heavy atom. The van der Waals surface area contributed by atoms with Gasteiger partial charge in [-0.25, -0.2) is 0 Å². The van der Waals surface area contributed by atoms with Gasteiger partial charge in [0, 0.05) is 11.4 Å². The molecule has 0 aliphatic heterocycles. The van der Waals surface area contributed by atoms with Crippen LogP contribution in [0.25, 0.3) is 0 Å². The highest BCUT2D eigenvalue weighted by Gasteiger charge is 2.33. The number of rotatable bonds is 3. The predicted molar refractivity (Wildman–Crippen MR) is 71.3 cm³/mol. The van der Waals surface area contributed by atoms with Gasteiger partial charge in [0.15, 0.2) is 0 Å². The standard InChI is InChI=1S/C14H15F3N2O/c1-8-3-6-13(20-8)9(2)19-10-4-5-12(18)11(7-10)14(15,16)17/h3-7,9,19H,18H2,1-2H3. The molecule has 2 aromatic rings. The summed E-state index contributed by atoms with van der Waals surface area (Å²) in [5.74, 6) is 1.41. The van der Waals surface area contributed by atoms with Crippen molar-refractivity contribution in [2.75, 3.05) is 11.1 Å². The van der Waals surface area contributed by atoms with E-state index in [1.807, 2.05) is 6.92 Å². The molecule has 0 radical (unpaired) electrons. The maximum Gasteiger partial charge on any atom is 0.418 e. The summed E-state index contributed by atoms with van der Waals surface area (Å²) in [5, 5.41) is 2.96. The predicted octanol–water partition coefficient (Wildman–Crippen LogP) is 4.36. The Hall–Kier alpha value is -2.11. The maximum absolute atomic E-state index is 12.8. The quantitative estimate of drug-likeness (QED) is 0.823. The third-order valence-corrected chi connectivity index (χ3v) is 2.93. The van der Waals surface area contributed by atoms with E-state index >= 15 is 0 Å². The van der Waals surface area contributed by atoms with Crippen LogP contribution >= 0.6 is 0 Å². The average Bonchev–Trinajstić information content (AvgIpc) is 2.77.